The van der Waals surface area contributed by atoms with Crippen LogP contribution >= 0.6 is 11.8 Å². The number of hydrogen-bond donors (Lipinski definition) is 3. The molecule has 5 N–H and O–H groups in total. The summed E-state index contributed by atoms with van der Waals surface area (Å²) in [6.45, 7) is 2.09. The van der Waals surface area contributed by atoms with Crippen LogP contribution in [0.4, 0.5) is 11.4 Å². The smallest absolute Gasteiger partial charge is 0.0533 e. The van der Waals surface area contributed by atoms with Crippen LogP contribution < -0.4 is 11.5 Å². The van der Waals surface area contributed by atoms with Crippen molar-refractivity contribution in [2.75, 3.05) is 23.8 Å². The summed E-state index contributed by atoms with van der Waals surface area (Å²) >= 11 is 1.48. The normalized spacial score (nSPS) is 10.3. The zero-order valence-electron chi connectivity index (χ0n) is 7.58. The van der Waals surface area contributed by atoms with Crippen molar-refractivity contribution in [3.8, 4) is 0 Å². The van der Waals surface area contributed by atoms with Crippen molar-refractivity contribution in [2.24, 2.45) is 0 Å². The largest absolute Gasteiger partial charge is 0.398 e. The van der Waals surface area contributed by atoms with Gasteiger partial charge in [-0.05, 0) is 24.6 Å². The molecule has 1 aromatic carbocycles. The second-order valence-corrected chi connectivity index (χ2v) is 3.95. The van der Waals surface area contributed by atoms with Crippen LogP contribution in [0.5, 0.6) is 0 Å². The number of nitrogens with two attached hydrogens (primary N) is 2. The molecule has 0 aliphatic carbocycles. The molecular formula is C9H14N2OS. The van der Waals surface area contributed by atoms with Gasteiger partial charge in [-0.25, -0.2) is 0 Å². The van der Waals surface area contributed by atoms with Crippen molar-refractivity contribution < 1.29 is 5.11 Å². The van der Waals surface area contributed by atoms with E-state index in [9.17, 15) is 0 Å². The van der Waals surface area contributed by atoms with Gasteiger partial charge in [0.2, 0.25) is 0 Å². The molecule has 0 radical (unpaired) electrons. The van der Waals surface area contributed by atoms with Gasteiger partial charge in [-0.15, -0.1) is 11.8 Å². The molecule has 1 rings (SSSR count). The van der Waals surface area contributed by atoms with E-state index in [1.165, 1.54) is 11.8 Å². The van der Waals surface area contributed by atoms with E-state index >= 15 is 0 Å². The number of hydrogen-bond acceptors (Lipinski definition) is 4. The summed E-state index contributed by atoms with van der Waals surface area (Å²) in [4.78, 5) is 0.875. The average Bonchev–Trinajstić information content (AvgIpc) is 2.02. The van der Waals surface area contributed by atoms with Gasteiger partial charge in [-0.2, -0.15) is 0 Å². The van der Waals surface area contributed by atoms with E-state index < -0.39 is 0 Å². The zero-order chi connectivity index (χ0) is 9.84. The monoisotopic (exact) mass is 198 g/mol. The van der Waals surface area contributed by atoms with Gasteiger partial charge in [0, 0.05) is 17.1 Å². The lowest BCUT2D eigenvalue weighted by atomic mass is 10.2. The van der Waals surface area contributed by atoms with Crippen molar-refractivity contribution in [2.45, 2.75) is 11.8 Å². The van der Waals surface area contributed by atoms with E-state index in [-0.39, 0.29) is 6.61 Å². The zero-order valence-corrected chi connectivity index (χ0v) is 8.40. The van der Waals surface area contributed by atoms with Crippen LogP contribution in [0.3, 0.4) is 0 Å². The van der Waals surface area contributed by atoms with Gasteiger partial charge >= 0.3 is 0 Å². The highest BCUT2D eigenvalue weighted by Gasteiger charge is 2.04. The fraction of sp³-hybridized carbons (Fsp3) is 0.333. The topological polar surface area (TPSA) is 72.3 Å². The third-order valence-corrected chi connectivity index (χ3v) is 2.78. The van der Waals surface area contributed by atoms with E-state index in [2.05, 4.69) is 0 Å². The summed E-state index contributed by atoms with van der Waals surface area (Å²) in [5, 5.41) is 8.66. The SMILES string of the molecule is Cc1cc(N)c(SCCO)c(N)c1. The quantitative estimate of drug-likeness (QED) is 0.505. The second-order valence-electron chi connectivity index (χ2n) is 2.84. The Bertz CT molecular complexity index is 279. The maximum absolute atomic E-state index is 8.66. The predicted octanol–water partition coefficient (Wildman–Crippen LogP) is 1.24. The van der Waals surface area contributed by atoms with E-state index in [4.69, 9.17) is 16.6 Å². The first-order valence-corrected chi connectivity index (χ1v) is 5.03. The summed E-state index contributed by atoms with van der Waals surface area (Å²) < 4.78 is 0. The lowest BCUT2D eigenvalue weighted by molar-refractivity contribution is 0.322. The highest BCUT2D eigenvalue weighted by Crippen LogP contribution is 2.31. The number of anilines is 2. The Balaban J connectivity index is 2.92. The molecule has 0 spiro atoms. The molecule has 0 aliphatic rings. The Morgan fingerprint density at radius 3 is 2.31 bits per heavy atom. The minimum Gasteiger partial charge on any atom is -0.398 e. The third-order valence-electron chi connectivity index (χ3n) is 1.63. The minimum absolute atomic E-state index is 0.136. The Morgan fingerprint density at radius 1 is 1.31 bits per heavy atom. The molecule has 13 heavy (non-hydrogen) atoms. The molecule has 0 fully saturated rings. The molecule has 0 aliphatic heterocycles. The van der Waals surface area contributed by atoms with Gasteiger partial charge in [-0.3, -0.25) is 0 Å². The molecule has 0 saturated heterocycles. The van der Waals surface area contributed by atoms with Gasteiger partial charge in [0.25, 0.3) is 0 Å². The fourth-order valence-electron chi connectivity index (χ4n) is 1.14. The van der Waals surface area contributed by atoms with Gasteiger partial charge in [-0.1, -0.05) is 0 Å². The molecule has 0 atom stereocenters. The Labute approximate surface area is 82.1 Å². The van der Waals surface area contributed by atoms with Crippen molar-refractivity contribution in [1.29, 1.82) is 0 Å². The van der Waals surface area contributed by atoms with Gasteiger partial charge in [0.15, 0.2) is 0 Å². The van der Waals surface area contributed by atoms with Crippen LogP contribution in [0, 0.1) is 6.92 Å². The number of thioether (sulfide) groups is 1. The standard InChI is InChI=1S/C9H14N2OS/c1-6-4-7(10)9(8(11)5-6)13-3-2-12/h4-5,12H,2-3,10-11H2,1H3. The molecule has 72 valence electrons. The minimum atomic E-state index is 0.136. The molecule has 0 amide bonds. The number of aryl methyl sites for hydroxylation is 1. The summed E-state index contributed by atoms with van der Waals surface area (Å²) in [6.07, 6.45) is 0. The first-order chi connectivity index (χ1) is 6.15. The maximum atomic E-state index is 8.66. The Hall–Kier alpha value is -0.870. The summed E-state index contributed by atoms with van der Waals surface area (Å²) in [5.41, 5.74) is 14.0. The van der Waals surface area contributed by atoms with Crippen LogP contribution in [-0.2, 0) is 0 Å². The number of benzene rings is 1. The van der Waals surface area contributed by atoms with Crippen LogP contribution in [0.25, 0.3) is 0 Å². The Morgan fingerprint density at radius 2 is 1.85 bits per heavy atom. The van der Waals surface area contributed by atoms with Crippen LogP contribution in [-0.4, -0.2) is 17.5 Å². The lowest BCUT2D eigenvalue weighted by Crippen LogP contribution is -1.97. The van der Waals surface area contributed by atoms with Crippen LogP contribution in [0.15, 0.2) is 17.0 Å². The third kappa shape index (κ3) is 2.54. The lowest BCUT2D eigenvalue weighted by Gasteiger charge is -2.08. The molecule has 4 heteroatoms. The summed E-state index contributed by atoms with van der Waals surface area (Å²) in [6, 6.07) is 3.77. The highest BCUT2D eigenvalue weighted by molar-refractivity contribution is 7.99. The van der Waals surface area contributed by atoms with Gasteiger partial charge in [0.05, 0.1) is 11.5 Å². The van der Waals surface area contributed by atoms with Gasteiger partial charge < -0.3 is 16.6 Å². The summed E-state index contributed by atoms with van der Waals surface area (Å²) in [5.74, 6) is 0.622. The number of aliphatic hydroxyl groups excluding tert-OH is 1. The van der Waals surface area contributed by atoms with Crippen molar-refractivity contribution >= 4 is 23.1 Å². The predicted molar refractivity (Wildman–Crippen MR) is 57.8 cm³/mol. The van der Waals surface area contributed by atoms with Crippen molar-refractivity contribution in [3.63, 3.8) is 0 Å². The first kappa shape index (κ1) is 10.2. The molecular weight excluding hydrogens is 184 g/mol. The van der Waals surface area contributed by atoms with E-state index in [1.807, 2.05) is 19.1 Å². The fourth-order valence-corrected chi connectivity index (χ4v) is 1.89. The second kappa shape index (κ2) is 4.39. The van der Waals surface area contributed by atoms with Crippen molar-refractivity contribution in [3.05, 3.63) is 17.7 Å². The highest BCUT2D eigenvalue weighted by atomic mass is 32.2. The van der Waals surface area contributed by atoms with E-state index in [0.717, 1.165) is 10.5 Å². The van der Waals surface area contributed by atoms with Crippen LogP contribution in [0.2, 0.25) is 0 Å². The molecule has 0 unspecified atom stereocenters. The number of aliphatic hydroxyl groups is 1. The molecule has 1 aromatic rings. The molecule has 0 saturated carbocycles. The van der Waals surface area contributed by atoms with E-state index in [0.29, 0.717) is 17.1 Å². The number of nitrogen functional groups attached to an aromatic ring is 2. The molecule has 3 nitrogen and oxygen atoms in total. The van der Waals surface area contributed by atoms with Gasteiger partial charge in [0.1, 0.15) is 0 Å². The van der Waals surface area contributed by atoms with Crippen LogP contribution in [0.1, 0.15) is 5.56 Å². The molecule has 0 heterocycles. The maximum Gasteiger partial charge on any atom is 0.0533 e. The Kier molecular flexibility index (Phi) is 3.45. The number of rotatable bonds is 3. The molecule has 0 aromatic heterocycles. The molecule has 0 bridgehead atoms. The van der Waals surface area contributed by atoms with E-state index in [1.54, 1.807) is 0 Å². The average molecular weight is 198 g/mol. The van der Waals surface area contributed by atoms with Crippen molar-refractivity contribution in [1.82, 2.24) is 0 Å². The summed E-state index contributed by atoms with van der Waals surface area (Å²) in [7, 11) is 0. The first-order valence-electron chi connectivity index (χ1n) is 4.04.